The van der Waals surface area contributed by atoms with Gasteiger partial charge in [0.25, 0.3) is 0 Å². The Morgan fingerprint density at radius 2 is 1.78 bits per heavy atom. The lowest BCUT2D eigenvalue weighted by Gasteiger charge is -2.37. The number of nitrogens with one attached hydrogen (secondary N) is 1. The third kappa shape index (κ3) is 4.79. The van der Waals surface area contributed by atoms with E-state index >= 15 is 0 Å². The summed E-state index contributed by atoms with van der Waals surface area (Å²) in [4.78, 5) is 32.8. The molecule has 2 atom stereocenters. The number of nitrogens with zero attached hydrogens (tertiary/aromatic N) is 4. The highest BCUT2D eigenvalue weighted by atomic mass is 16.6. The Bertz CT molecular complexity index is 1320. The van der Waals surface area contributed by atoms with Crippen LogP contribution in [0.2, 0.25) is 0 Å². The normalized spacial score (nSPS) is 24.0. The molecule has 1 aliphatic carbocycles. The van der Waals surface area contributed by atoms with Gasteiger partial charge in [-0.05, 0) is 30.6 Å². The Labute approximate surface area is 215 Å². The van der Waals surface area contributed by atoms with Crippen molar-refractivity contribution in [2.45, 2.75) is 39.7 Å². The minimum absolute atomic E-state index is 0.00214. The molecule has 1 aromatic carbocycles. The molecule has 1 saturated carbocycles. The lowest BCUT2D eigenvalue weighted by Crippen LogP contribution is -2.42. The van der Waals surface area contributed by atoms with Gasteiger partial charge < -0.3 is 19.1 Å². The Balaban J connectivity index is 1.55. The fraction of sp³-hybridized carbons (Fsp3) is 0.481. The van der Waals surface area contributed by atoms with Crippen LogP contribution < -0.4 is 4.74 Å². The van der Waals surface area contributed by atoms with Gasteiger partial charge in [-0.2, -0.15) is 5.26 Å². The molecule has 5 rings (SSSR count). The Morgan fingerprint density at radius 1 is 1.11 bits per heavy atom. The minimum atomic E-state index is -0.695. The summed E-state index contributed by atoms with van der Waals surface area (Å²) in [5.74, 6) is 0.560. The first-order chi connectivity index (χ1) is 17.9. The van der Waals surface area contributed by atoms with Crippen LogP contribution in [0.4, 0.5) is 4.79 Å². The molecule has 2 aliphatic rings. The fourth-order valence-corrected chi connectivity index (χ4v) is 5.60. The van der Waals surface area contributed by atoms with Crippen molar-refractivity contribution >= 4 is 17.7 Å². The van der Waals surface area contributed by atoms with Gasteiger partial charge >= 0.3 is 12.1 Å². The number of nitriles is 1. The van der Waals surface area contributed by atoms with Crippen LogP contribution in [0.1, 0.15) is 49.5 Å². The largest absolute Gasteiger partial charge is 0.458 e. The summed E-state index contributed by atoms with van der Waals surface area (Å²) in [6.45, 7) is 7.88. The van der Waals surface area contributed by atoms with Crippen molar-refractivity contribution in [1.82, 2.24) is 19.5 Å². The summed E-state index contributed by atoms with van der Waals surface area (Å²) >= 11 is 0. The number of hydrogen-bond acceptors (Lipinski definition) is 7. The first-order valence-corrected chi connectivity index (χ1v) is 12.7. The molecule has 2 aromatic heterocycles. The number of hydrogen-bond donors (Lipinski definition) is 1. The van der Waals surface area contributed by atoms with Gasteiger partial charge in [0.2, 0.25) is 5.88 Å². The second kappa shape index (κ2) is 10.3. The summed E-state index contributed by atoms with van der Waals surface area (Å²) in [5, 5.41) is 13.2. The van der Waals surface area contributed by atoms with E-state index in [1.165, 1.54) is 9.42 Å². The van der Waals surface area contributed by atoms with Crippen molar-refractivity contribution in [1.29, 1.82) is 5.26 Å². The van der Waals surface area contributed by atoms with E-state index in [1.807, 2.05) is 30.3 Å². The predicted octanol–water partition coefficient (Wildman–Crippen LogP) is 4.26. The third-order valence-corrected chi connectivity index (χ3v) is 7.27. The molecule has 1 aliphatic heterocycles. The SMILES string of the molecule is CC1CC(C)C(OC(=O)c2c(C#N)c3nc(-c4ccccc4)[nH]n3c2OC(=O)N2CCOCC2)C(C)C1. The highest BCUT2D eigenvalue weighted by Gasteiger charge is 2.38. The van der Waals surface area contributed by atoms with Crippen molar-refractivity contribution < 1.29 is 23.8 Å². The highest BCUT2D eigenvalue weighted by molar-refractivity contribution is 5.99. The number of benzene rings is 1. The number of carbonyl (C=O) groups is 2. The van der Waals surface area contributed by atoms with Gasteiger partial charge in [0.05, 0.1) is 13.2 Å². The summed E-state index contributed by atoms with van der Waals surface area (Å²) in [7, 11) is 0. The molecule has 37 heavy (non-hydrogen) atoms. The molecule has 3 heterocycles. The Morgan fingerprint density at radius 3 is 2.43 bits per heavy atom. The smallest absolute Gasteiger partial charge is 0.416 e. The van der Waals surface area contributed by atoms with E-state index in [0.29, 0.717) is 38.0 Å². The zero-order valence-electron chi connectivity index (χ0n) is 21.3. The van der Waals surface area contributed by atoms with Crippen LogP contribution in [0, 0.1) is 29.1 Å². The van der Waals surface area contributed by atoms with E-state index < -0.39 is 12.1 Å². The van der Waals surface area contributed by atoms with Crippen molar-refractivity contribution in [3.05, 3.63) is 41.5 Å². The zero-order chi connectivity index (χ0) is 26.1. The van der Waals surface area contributed by atoms with Crippen molar-refractivity contribution in [2.75, 3.05) is 26.3 Å². The summed E-state index contributed by atoms with van der Waals surface area (Å²) in [6.07, 6.45) is 0.963. The number of ether oxygens (including phenoxy) is 3. The van der Waals surface area contributed by atoms with Crippen LogP contribution >= 0.6 is 0 Å². The van der Waals surface area contributed by atoms with Crippen LogP contribution in [0.3, 0.4) is 0 Å². The number of rotatable bonds is 4. The Kier molecular flexibility index (Phi) is 6.89. The molecule has 1 N–H and O–H groups in total. The molecule has 10 heteroatoms. The number of carbonyl (C=O) groups excluding carboxylic acids is 2. The van der Waals surface area contributed by atoms with Crippen LogP contribution in [-0.4, -0.2) is 64.0 Å². The van der Waals surface area contributed by atoms with Gasteiger partial charge in [-0.15, -0.1) is 0 Å². The molecule has 1 amide bonds. The van der Waals surface area contributed by atoms with Crippen molar-refractivity contribution in [3.63, 3.8) is 0 Å². The maximum Gasteiger partial charge on any atom is 0.416 e. The molecule has 2 unspecified atom stereocenters. The van der Waals surface area contributed by atoms with E-state index in [-0.39, 0.29) is 40.6 Å². The third-order valence-electron chi connectivity index (χ3n) is 7.27. The maximum atomic E-state index is 13.6. The van der Waals surface area contributed by atoms with Gasteiger partial charge in [0.1, 0.15) is 23.3 Å². The van der Waals surface area contributed by atoms with Crippen LogP contribution in [0.25, 0.3) is 17.0 Å². The molecule has 10 nitrogen and oxygen atoms in total. The van der Waals surface area contributed by atoms with Gasteiger partial charge in [-0.1, -0.05) is 51.1 Å². The standard InChI is InChI=1S/C27H31N5O5/c1-16-13-17(2)22(18(3)14-16)36-26(33)21-20(15-28)24-29-23(19-7-5-4-6-8-19)30-32(24)25(21)37-27(34)31-9-11-35-12-10-31/h4-8,16-18,22H,9-14H2,1-3H3,(H,29,30). The number of H-pyrrole nitrogens is 1. The Hall–Kier alpha value is -3.84. The molecule has 0 radical (unpaired) electrons. The second-order valence-electron chi connectivity index (χ2n) is 10.1. The molecule has 2 fully saturated rings. The number of esters is 1. The van der Waals surface area contributed by atoms with Gasteiger partial charge in [-0.25, -0.2) is 19.1 Å². The van der Waals surface area contributed by atoms with E-state index in [9.17, 15) is 14.9 Å². The van der Waals surface area contributed by atoms with Gasteiger partial charge in [-0.3, -0.25) is 5.10 Å². The average Bonchev–Trinajstić information content (AvgIpc) is 3.45. The van der Waals surface area contributed by atoms with E-state index in [4.69, 9.17) is 14.2 Å². The maximum absolute atomic E-state index is 13.6. The monoisotopic (exact) mass is 505 g/mol. The van der Waals surface area contributed by atoms with Crippen molar-refractivity contribution in [2.24, 2.45) is 17.8 Å². The lowest BCUT2D eigenvalue weighted by molar-refractivity contribution is -0.0254. The van der Waals surface area contributed by atoms with Crippen LogP contribution in [0.5, 0.6) is 5.88 Å². The fourth-order valence-electron chi connectivity index (χ4n) is 5.60. The number of aromatic nitrogens is 3. The van der Waals surface area contributed by atoms with E-state index in [0.717, 1.165) is 18.4 Å². The van der Waals surface area contributed by atoms with Crippen LogP contribution in [-0.2, 0) is 9.47 Å². The predicted molar refractivity (Wildman–Crippen MR) is 134 cm³/mol. The topological polar surface area (TPSA) is 122 Å². The minimum Gasteiger partial charge on any atom is -0.458 e. The molecule has 1 saturated heterocycles. The summed E-state index contributed by atoms with van der Waals surface area (Å²) in [5.41, 5.74) is 0.873. The molecular weight excluding hydrogens is 474 g/mol. The van der Waals surface area contributed by atoms with Gasteiger partial charge in [0, 0.05) is 18.7 Å². The first-order valence-electron chi connectivity index (χ1n) is 12.7. The average molecular weight is 506 g/mol. The lowest BCUT2D eigenvalue weighted by atomic mass is 9.75. The molecule has 194 valence electrons. The number of morpholine rings is 1. The molecule has 0 spiro atoms. The molecule has 3 aromatic rings. The van der Waals surface area contributed by atoms with Gasteiger partial charge in [0.15, 0.2) is 11.5 Å². The second-order valence-corrected chi connectivity index (χ2v) is 10.1. The number of amides is 1. The summed E-state index contributed by atoms with van der Waals surface area (Å²) < 4.78 is 18.5. The first kappa shape index (κ1) is 24.8. The molecule has 0 bridgehead atoms. The summed E-state index contributed by atoms with van der Waals surface area (Å²) in [6, 6.07) is 11.5. The number of aromatic amines is 1. The zero-order valence-corrected chi connectivity index (χ0v) is 21.3. The van der Waals surface area contributed by atoms with Crippen molar-refractivity contribution in [3.8, 4) is 23.3 Å². The quantitative estimate of drug-likeness (QED) is 0.526. The molecular formula is C27H31N5O5. The number of fused-ring (bicyclic) bond motifs is 1. The highest BCUT2D eigenvalue weighted by Crippen LogP contribution is 2.37. The van der Waals surface area contributed by atoms with E-state index in [2.05, 4.69) is 36.9 Å². The van der Waals surface area contributed by atoms with E-state index in [1.54, 1.807) is 0 Å². The van der Waals surface area contributed by atoms with Crippen LogP contribution in [0.15, 0.2) is 30.3 Å².